The van der Waals surface area contributed by atoms with Gasteiger partial charge in [-0.3, -0.25) is 0 Å². The average Bonchev–Trinajstić information content (AvgIpc) is 2.70. The highest BCUT2D eigenvalue weighted by Crippen LogP contribution is 2.48. The van der Waals surface area contributed by atoms with E-state index in [1.54, 1.807) is 10.4 Å². The number of halogens is 1. The van der Waals surface area contributed by atoms with Crippen LogP contribution in [0.15, 0.2) is 4.47 Å². The zero-order chi connectivity index (χ0) is 9.00. The van der Waals surface area contributed by atoms with E-state index in [4.69, 9.17) is 0 Å². The first-order valence-electron chi connectivity index (χ1n) is 4.75. The molecule has 1 saturated heterocycles. The summed E-state index contributed by atoms with van der Waals surface area (Å²) in [5.74, 6) is 1.71. The molecule has 1 N–H and O–H groups in total. The molecule has 2 aliphatic rings. The molecule has 0 bridgehead atoms. The highest BCUT2D eigenvalue weighted by molar-refractivity contribution is 9.10. The molecular weight excluding hydrogens is 246 g/mol. The van der Waals surface area contributed by atoms with Gasteiger partial charge in [-0.05, 0) is 47.3 Å². The van der Waals surface area contributed by atoms with E-state index in [0.29, 0.717) is 0 Å². The molecule has 0 aromatic carbocycles. The van der Waals surface area contributed by atoms with Crippen molar-refractivity contribution in [3.63, 3.8) is 0 Å². The molecule has 1 fully saturated rings. The summed E-state index contributed by atoms with van der Waals surface area (Å²) in [6, 6.07) is 0. The van der Waals surface area contributed by atoms with Crippen LogP contribution in [-0.2, 0) is 6.42 Å². The van der Waals surface area contributed by atoms with E-state index >= 15 is 0 Å². The lowest BCUT2D eigenvalue weighted by atomic mass is 10.0. The maximum absolute atomic E-state index is 3.70. The molecule has 2 unspecified atom stereocenters. The summed E-state index contributed by atoms with van der Waals surface area (Å²) in [7, 11) is 0. The molecule has 0 amide bonds. The molecule has 3 heteroatoms. The molecule has 0 radical (unpaired) electrons. The minimum absolute atomic E-state index is 0.824. The number of thiophene rings is 1. The fraction of sp³-hybridized carbons (Fsp3) is 0.600. The van der Waals surface area contributed by atoms with Crippen LogP contribution in [0.4, 0.5) is 0 Å². The Balaban J connectivity index is 2.11. The third kappa shape index (κ3) is 1.07. The minimum atomic E-state index is 0.824. The molecule has 1 aromatic heterocycles. The summed E-state index contributed by atoms with van der Waals surface area (Å²) in [6.07, 6.45) is 1.29. The first kappa shape index (κ1) is 8.45. The monoisotopic (exact) mass is 257 g/mol. The van der Waals surface area contributed by atoms with Crippen molar-refractivity contribution in [2.75, 3.05) is 13.1 Å². The maximum atomic E-state index is 3.70. The normalized spacial score (nSPS) is 30.6. The van der Waals surface area contributed by atoms with Crippen molar-refractivity contribution >= 4 is 27.3 Å². The van der Waals surface area contributed by atoms with Gasteiger partial charge in [-0.2, -0.15) is 0 Å². The first-order valence-corrected chi connectivity index (χ1v) is 6.36. The molecule has 1 aliphatic carbocycles. The van der Waals surface area contributed by atoms with E-state index in [1.165, 1.54) is 28.9 Å². The highest BCUT2D eigenvalue weighted by Gasteiger charge is 2.38. The van der Waals surface area contributed by atoms with E-state index in [9.17, 15) is 0 Å². The van der Waals surface area contributed by atoms with Gasteiger partial charge in [0.15, 0.2) is 0 Å². The molecular formula is C10H12BrNS. The van der Waals surface area contributed by atoms with Crippen LogP contribution >= 0.6 is 27.3 Å². The third-order valence-corrected chi connectivity index (χ3v) is 5.89. The number of hydrogen-bond acceptors (Lipinski definition) is 2. The quantitative estimate of drug-likeness (QED) is 0.754. The van der Waals surface area contributed by atoms with Crippen molar-refractivity contribution in [1.29, 1.82) is 0 Å². The largest absolute Gasteiger partial charge is 0.316 e. The van der Waals surface area contributed by atoms with Crippen molar-refractivity contribution in [2.24, 2.45) is 5.92 Å². The minimum Gasteiger partial charge on any atom is -0.316 e. The standard InChI is InChI=1S/C10H12BrNS/c1-5-9(11)7-2-6-3-12-4-8(6)10(7)13-5/h6,8,12H,2-4H2,1H3. The zero-order valence-corrected chi connectivity index (χ0v) is 9.96. The van der Waals surface area contributed by atoms with Crippen molar-refractivity contribution in [1.82, 2.24) is 5.32 Å². The fourth-order valence-corrected chi connectivity index (χ4v) is 4.63. The molecule has 0 spiro atoms. The average molecular weight is 258 g/mol. The molecule has 2 atom stereocenters. The Hall–Kier alpha value is 0.140. The van der Waals surface area contributed by atoms with E-state index in [1.807, 2.05) is 11.3 Å². The molecule has 70 valence electrons. The van der Waals surface area contributed by atoms with Gasteiger partial charge in [0, 0.05) is 26.7 Å². The van der Waals surface area contributed by atoms with Crippen molar-refractivity contribution in [2.45, 2.75) is 19.3 Å². The maximum Gasteiger partial charge on any atom is 0.0346 e. The molecule has 1 aliphatic heterocycles. The smallest absolute Gasteiger partial charge is 0.0346 e. The summed E-state index contributed by atoms with van der Waals surface area (Å²) in [6.45, 7) is 4.63. The van der Waals surface area contributed by atoms with Crippen LogP contribution in [-0.4, -0.2) is 13.1 Å². The van der Waals surface area contributed by atoms with E-state index < -0.39 is 0 Å². The number of hydrogen-bond donors (Lipinski definition) is 1. The molecule has 13 heavy (non-hydrogen) atoms. The van der Waals surface area contributed by atoms with Crippen LogP contribution in [0.3, 0.4) is 0 Å². The molecule has 1 aromatic rings. The van der Waals surface area contributed by atoms with Gasteiger partial charge in [0.25, 0.3) is 0 Å². The number of rotatable bonds is 0. The van der Waals surface area contributed by atoms with E-state index in [0.717, 1.165) is 11.8 Å². The van der Waals surface area contributed by atoms with Gasteiger partial charge < -0.3 is 5.32 Å². The topological polar surface area (TPSA) is 12.0 Å². The number of aryl methyl sites for hydroxylation is 1. The van der Waals surface area contributed by atoms with Crippen molar-refractivity contribution < 1.29 is 0 Å². The fourth-order valence-electron chi connectivity index (χ4n) is 2.60. The Morgan fingerprint density at radius 1 is 1.46 bits per heavy atom. The Kier molecular flexibility index (Phi) is 1.83. The van der Waals surface area contributed by atoms with Crippen LogP contribution in [0.5, 0.6) is 0 Å². The van der Waals surface area contributed by atoms with Crippen LogP contribution in [0.25, 0.3) is 0 Å². The Bertz CT molecular complexity index is 358. The van der Waals surface area contributed by atoms with Gasteiger partial charge in [0.05, 0.1) is 0 Å². The van der Waals surface area contributed by atoms with Gasteiger partial charge in [-0.1, -0.05) is 0 Å². The van der Waals surface area contributed by atoms with Gasteiger partial charge in [0.1, 0.15) is 0 Å². The number of fused-ring (bicyclic) bond motifs is 3. The molecule has 3 rings (SSSR count). The Morgan fingerprint density at radius 3 is 3.15 bits per heavy atom. The highest BCUT2D eigenvalue weighted by atomic mass is 79.9. The van der Waals surface area contributed by atoms with Gasteiger partial charge >= 0.3 is 0 Å². The van der Waals surface area contributed by atoms with Crippen molar-refractivity contribution in [3.05, 3.63) is 19.8 Å². The molecule has 2 heterocycles. The summed E-state index contributed by atoms with van der Waals surface area (Å²) < 4.78 is 1.39. The van der Waals surface area contributed by atoms with Gasteiger partial charge in [-0.15, -0.1) is 11.3 Å². The van der Waals surface area contributed by atoms with Crippen LogP contribution in [0, 0.1) is 12.8 Å². The van der Waals surface area contributed by atoms with Crippen LogP contribution in [0.2, 0.25) is 0 Å². The summed E-state index contributed by atoms with van der Waals surface area (Å²) >= 11 is 5.69. The second kappa shape index (κ2) is 2.81. The summed E-state index contributed by atoms with van der Waals surface area (Å²) in [4.78, 5) is 3.11. The molecule has 0 saturated carbocycles. The van der Waals surface area contributed by atoms with Crippen LogP contribution < -0.4 is 5.32 Å². The van der Waals surface area contributed by atoms with Crippen LogP contribution in [0.1, 0.15) is 21.2 Å². The van der Waals surface area contributed by atoms with E-state index in [2.05, 4.69) is 28.2 Å². The van der Waals surface area contributed by atoms with Gasteiger partial charge in [-0.25, -0.2) is 0 Å². The predicted octanol–water partition coefficient (Wildman–Crippen LogP) is 2.68. The second-order valence-corrected chi connectivity index (χ2v) is 6.09. The Morgan fingerprint density at radius 2 is 2.31 bits per heavy atom. The Labute approximate surface area is 90.7 Å². The SMILES string of the molecule is Cc1sc2c(c1Br)CC1CNCC21. The molecule has 1 nitrogen and oxygen atoms in total. The van der Waals surface area contributed by atoms with Gasteiger partial charge in [0.2, 0.25) is 0 Å². The second-order valence-electron chi connectivity index (χ2n) is 4.04. The van der Waals surface area contributed by atoms with Crippen molar-refractivity contribution in [3.8, 4) is 0 Å². The summed E-state index contributed by atoms with van der Waals surface area (Å²) in [5.41, 5.74) is 1.61. The lowest BCUT2D eigenvalue weighted by Gasteiger charge is -2.06. The zero-order valence-electron chi connectivity index (χ0n) is 7.56. The van der Waals surface area contributed by atoms with E-state index in [-0.39, 0.29) is 0 Å². The third-order valence-electron chi connectivity index (χ3n) is 3.28. The summed E-state index contributed by atoms with van der Waals surface area (Å²) in [5, 5.41) is 3.49. The predicted molar refractivity (Wildman–Crippen MR) is 59.6 cm³/mol. The lowest BCUT2D eigenvalue weighted by Crippen LogP contribution is -2.10. The first-order chi connectivity index (χ1) is 6.27. The number of nitrogens with one attached hydrogen (secondary N) is 1. The lowest BCUT2D eigenvalue weighted by molar-refractivity contribution is 0.566.